The molecule has 37 heavy (non-hydrogen) atoms. The highest BCUT2D eigenvalue weighted by Gasteiger charge is 2.31. The Morgan fingerprint density at radius 1 is 1.30 bits per heavy atom. The molecule has 4 aromatic rings. The highest BCUT2D eigenvalue weighted by molar-refractivity contribution is 9.10. The van der Waals surface area contributed by atoms with Crippen LogP contribution in [0.3, 0.4) is 0 Å². The van der Waals surface area contributed by atoms with Gasteiger partial charge in [0.05, 0.1) is 15.9 Å². The second-order valence-electron chi connectivity index (χ2n) is 9.19. The van der Waals surface area contributed by atoms with Crippen molar-refractivity contribution >= 4 is 48.7 Å². The van der Waals surface area contributed by atoms with Crippen molar-refractivity contribution in [1.82, 2.24) is 23.8 Å². The number of carbonyl (C=O) groups excluding carboxylic acids is 1. The number of nitrogens with zero attached hydrogens (tertiary/aromatic N) is 4. The lowest BCUT2D eigenvalue weighted by Crippen LogP contribution is -2.32. The molecule has 1 unspecified atom stereocenters. The quantitative estimate of drug-likeness (QED) is 0.302. The minimum atomic E-state index is -3.22. The van der Waals surface area contributed by atoms with Crippen molar-refractivity contribution in [1.29, 1.82) is 0 Å². The number of hydrogen-bond acceptors (Lipinski definition) is 6. The molecule has 1 saturated heterocycles. The van der Waals surface area contributed by atoms with E-state index in [1.807, 2.05) is 32.0 Å². The number of rotatable bonds is 7. The van der Waals surface area contributed by atoms with E-state index in [9.17, 15) is 13.2 Å². The Morgan fingerprint density at radius 3 is 2.81 bits per heavy atom. The normalized spacial score (nSPS) is 16.5. The number of carbonyl (C=O) groups is 1. The highest BCUT2D eigenvalue weighted by atomic mass is 79.9. The van der Waals surface area contributed by atoms with Crippen molar-refractivity contribution in [3.05, 3.63) is 58.0 Å². The molecule has 4 N–H and O–H groups in total. The van der Waals surface area contributed by atoms with E-state index in [1.165, 1.54) is 4.31 Å². The third-order valence-corrected chi connectivity index (χ3v) is 9.26. The fraction of sp³-hybridized carbons (Fsp3) is 0.320. The monoisotopic (exact) mass is 585 g/mol. The van der Waals surface area contributed by atoms with Crippen LogP contribution in [0.15, 0.2) is 41.0 Å². The molecule has 0 saturated carbocycles. The Hall–Kier alpha value is -3.22. The highest BCUT2D eigenvalue weighted by Crippen LogP contribution is 2.34. The van der Waals surface area contributed by atoms with Crippen LogP contribution in [0.4, 0.5) is 5.69 Å². The second kappa shape index (κ2) is 9.58. The maximum Gasteiger partial charge on any atom is 0.248 e. The molecule has 4 heterocycles. The predicted molar refractivity (Wildman–Crippen MR) is 147 cm³/mol. The lowest BCUT2D eigenvalue weighted by molar-refractivity contribution is 0.1000. The van der Waals surface area contributed by atoms with E-state index in [-0.39, 0.29) is 11.8 Å². The van der Waals surface area contributed by atoms with Gasteiger partial charge in [0.25, 0.3) is 0 Å². The number of aromatic amines is 1. The maximum absolute atomic E-state index is 12.3. The van der Waals surface area contributed by atoms with Gasteiger partial charge in [-0.05, 0) is 67.4 Å². The number of aryl methyl sites for hydroxylation is 1. The van der Waals surface area contributed by atoms with Gasteiger partial charge in [-0.1, -0.05) is 6.07 Å². The number of anilines is 1. The standard InChI is InChI=1S/C25H28BrN7O3S/c1-4-37(35,36)32-9-8-17(13-32)29-21-20(26)12-28-25-22(21)30-24(31-25)19-10-14(2)33(15(19)3)18-7-5-6-16(11-18)23(27)34/h5-7,10-12,17H,4,8-9,13H2,1-3H3,(H2,27,34)(H2,28,29,30,31). The van der Waals surface area contributed by atoms with E-state index in [0.717, 1.165) is 38.3 Å². The van der Waals surface area contributed by atoms with Crippen LogP contribution in [0.25, 0.3) is 28.2 Å². The number of amides is 1. The summed E-state index contributed by atoms with van der Waals surface area (Å²) < 4.78 is 28.9. The summed E-state index contributed by atoms with van der Waals surface area (Å²) in [6.07, 6.45) is 2.41. The Kier molecular flexibility index (Phi) is 6.59. The molecular weight excluding hydrogens is 558 g/mol. The first kappa shape index (κ1) is 25.4. The molecule has 0 spiro atoms. The van der Waals surface area contributed by atoms with Crippen molar-refractivity contribution < 1.29 is 13.2 Å². The lowest BCUT2D eigenvalue weighted by Gasteiger charge is -2.17. The van der Waals surface area contributed by atoms with Crippen molar-refractivity contribution in [2.24, 2.45) is 5.73 Å². The SMILES string of the molecule is CCS(=O)(=O)N1CCC(Nc2c(Br)cnc3nc(-c4cc(C)n(-c5cccc(C(N)=O)c5)c4C)[nH]c23)C1. The minimum absolute atomic E-state index is 0.0300. The Balaban J connectivity index is 1.50. The number of hydrogen-bond donors (Lipinski definition) is 3. The summed E-state index contributed by atoms with van der Waals surface area (Å²) in [6.45, 7) is 6.57. The van der Waals surface area contributed by atoms with Crippen molar-refractivity contribution in [3.63, 3.8) is 0 Å². The van der Waals surface area contributed by atoms with E-state index < -0.39 is 15.9 Å². The first-order valence-electron chi connectivity index (χ1n) is 12.0. The lowest BCUT2D eigenvalue weighted by atomic mass is 10.2. The average molecular weight is 587 g/mol. The van der Waals surface area contributed by atoms with E-state index in [2.05, 4.69) is 35.8 Å². The number of halogens is 1. The molecule has 3 aromatic heterocycles. The number of pyridine rings is 1. The summed E-state index contributed by atoms with van der Waals surface area (Å²) in [5.41, 5.74) is 11.7. The van der Waals surface area contributed by atoms with Crippen LogP contribution in [-0.2, 0) is 10.0 Å². The summed E-state index contributed by atoms with van der Waals surface area (Å²) in [6, 6.07) is 9.21. The van der Waals surface area contributed by atoms with Crippen LogP contribution in [0.5, 0.6) is 0 Å². The fourth-order valence-corrected chi connectivity index (χ4v) is 6.46. The van der Waals surface area contributed by atoms with Crippen LogP contribution in [0, 0.1) is 13.8 Å². The van der Waals surface area contributed by atoms with Crippen molar-refractivity contribution in [2.45, 2.75) is 33.2 Å². The third kappa shape index (κ3) is 4.64. The fourth-order valence-electron chi connectivity index (χ4n) is 4.89. The maximum atomic E-state index is 12.3. The molecule has 5 rings (SSSR count). The number of aromatic nitrogens is 4. The molecule has 0 radical (unpaired) electrons. The van der Waals surface area contributed by atoms with Crippen molar-refractivity contribution in [3.8, 4) is 17.1 Å². The van der Waals surface area contributed by atoms with Crippen LogP contribution in [-0.4, -0.2) is 63.0 Å². The van der Waals surface area contributed by atoms with Crippen LogP contribution < -0.4 is 11.1 Å². The molecule has 10 nitrogen and oxygen atoms in total. The van der Waals surface area contributed by atoms with Gasteiger partial charge < -0.3 is 20.6 Å². The molecule has 1 fully saturated rings. The van der Waals surface area contributed by atoms with Gasteiger partial charge >= 0.3 is 0 Å². The van der Waals surface area contributed by atoms with Crippen LogP contribution in [0.2, 0.25) is 0 Å². The Bertz CT molecular complexity index is 1630. The second-order valence-corrected chi connectivity index (χ2v) is 12.3. The van der Waals surface area contributed by atoms with Gasteiger partial charge in [-0.3, -0.25) is 4.79 Å². The summed E-state index contributed by atoms with van der Waals surface area (Å²) in [5.74, 6) is 0.282. The smallest absolute Gasteiger partial charge is 0.248 e. The number of benzene rings is 1. The summed E-state index contributed by atoms with van der Waals surface area (Å²) in [5, 5.41) is 3.50. The van der Waals surface area contributed by atoms with E-state index in [1.54, 1.807) is 25.3 Å². The number of nitrogens with two attached hydrogens (primary N) is 1. The molecule has 0 aliphatic carbocycles. The summed E-state index contributed by atoms with van der Waals surface area (Å²) in [7, 11) is -3.22. The van der Waals surface area contributed by atoms with Crippen molar-refractivity contribution in [2.75, 3.05) is 24.2 Å². The van der Waals surface area contributed by atoms with Gasteiger partial charge in [0.15, 0.2) is 5.65 Å². The van der Waals surface area contributed by atoms with E-state index >= 15 is 0 Å². The van der Waals surface area contributed by atoms with Crippen LogP contribution in [0.1, 0.15) is 35.1 Å². The zero-order valence-electron chi connectivity index (χ0n) is 20.7. The molecule has 1 aliphatic rings. The molecule has 1 aromatic carbocycles. The molecule has 1 aliphatic heterocycles. The molecule has 12 heteroatoms. The number of fused-ring (bicyclic) bond motifs is 1. The summed E-state index contributed by atoms with van der Waals surface area (Å²) in [4.78, 5) is 24.4. The Labute approximate surface area is 223 Å². The number of sulfonamides is 1. The average Bonchev–Trinajstić information content (AvgIpc) is 3.58. The summed E-state index contributed by atoms with van der Waals surface area (Å²) >= 11 is 3.59. The molecule has 1 atom stereocenters. The van der Waals surface area contributed by atoms with Gasteiger partial charge in [0.1, 0.15) is 11.3 Å². The molecule has 194 valence electrons. The zero-order valence-corrected chi connectivity index (χ0v) is 23.1. The van der Waals surface area contributed by atoms with E-state index in [4.69, 9.17) is 10.7 Å². The zero-order chi connectivity index (χ0) is 26.5. The molecule has 1 amide bonds. The van der Waals surface area contributed by atoms with Gasteiger partial charge in [-0.2, -0.15) is 4.31 Å². The predicted octanol–water partition coefficient (Wildman–Crippen LogP) is 3.73. The van der Waals surface area contributed by atoms with Gasteiger partial charge in [0, 0.05) is 53.5 Å². The number of imidazole rings is 1. The Morgan fingerprint density at radius 2 is 2.08 bits per heavy atom. The van der Waals surface area contributed by atoms with Gasteiger partial charge in [-0.15, -0.1) is 0 Å². The molecular formula is C25H28BrN7O3S. The topological polar surface area (TPSA) is 139 Å². The third-order valence-electron chi connectivity index (χ3n) is 6.81. The number of H-pyrrole nitrogens is 1. The number of nitrogens with one attached hydrogen (secondary N) is 2. The largest absolute Gasteiger partial charge is 0.378 e. The number of primary amides is 1. The van der Waals surface area contributed by atoms with E-state index in [0.29, 0.717) is 36.5 Å². The minimum Gasteiger partial charge on any atom is -0.378 e. The van der Waals surface area contributed by atoms with Gasteiger partial charge in [0.2, 0.25) is 15.9 Å². The van der Waals surface area contributed by atoms with Crippen LogP contribution >= 0.6 is 15.9 Å². The first-order valence-corrected chi connectivity index (χ1v) is 14.4. The van der Waals surface area contributed by atoms with Gasteiger partial charge in [-0.25, -0.2) is 18.4 Å². The first-order chi connectivity index (χ1) is 17.6. The molecule has 0 bridgehead atoms.